The van der Waals surface area contributed by atoms with Crippen LogP contribution in [-0.4, -0.2) is 36.9 Å². The monoisotopic (exact) mass is 363 g/mol. The smallest absolute Gasteiger partial charge is 0.191 e. The Bertz CT molecular complexity index is 494. The van der Waals surface area contributed by atoms with Crippen LogP contribution in [0.5, 0.6) is 0 Å². The Balaban J connectivity index is 2.56. The van der Waals surface area contributed by atoms with Crippen LogP contribution in [0, 0.1) is 5.92 Å². The summed E-state index contributed by atoms with van der Waals surface area (Å²) in [5.74, 6) is 1.31. The van der Waals surface area contributed by atoms with Crippen LogP contribution in [0.1, 0.15) is 58.1 Å². The molecule has 1 atom stereocenters. The second-order valence-electron chi connectivity index (χ2n) is 6.92. The van der Waals surface area contributed by atoms with E-state index in [0.717, 1.165) is 38.3 Å². The SMILES string of the molecule is CCCC(CCO)CNC(=NCc1ccc(COC(C)C)cc1)NCC. The predicted octanol–water partition coefficient (Wildman–Crippen LogP) is 3.47. The van der Waals surface area contributed by atoms with Gasteiger partial charge in [0.25, 0.3) is 0 Å². The quantitative estimate of drug-likeness (QED) is 0.393. The van der Waals surface area contributed by atoms with E-state index in [-0.39, 0.29) is 12.7 Å². The summed E-state index contributed by atoms with van der Waals surface area (Å²) in [4.78, 5) is 4.68. The fourth-order valence-electron chi connectivity index (χ4n) is 2.70. The van der Waals surface area contributed by atoms with Gasteiger partial charge < -0.3 is 20.5 Å². The number of nitrogens with one attached hydrogen (secondary N) is 2. The molecule has 0 radical (unpaired) electrons. The maximum Gasteiger partial charge on any atom is 0.191 e. The van der Waals surface area contributed by atoms with Gasteiger partial charge in [0.1, 0.15) is 0 Å². The van der Waals surface area contributed by atoms with Crippen molar-refractivity contribution in [1.29, 1.82) is 0 Å². The zero-order chi connectivity index (χ0) is 19.2. The largest absolute Gasteiger partial charge is 0.396 e. The van der Waals surface area contributed by atoms with Crippen LogP contribution in [0.15, 0.2) is 29.3 Å². The lowest BCUT2D eigenvalue weighted by Crippen LogP contribution is -2.40. The second kappa shape index (κ2) is 13.6. The summed E-state index contributed by atoms with van der Waals surface area (Å²) in [5, 5.41) is 15.9. The van der Waals surface area contributed by atoms with Crippen molar-refractivity contribution in [2.45, 2.75) is 66.2 Å². The van der Waals surface area contributed by atoms with E-state index in [1.165, 1.54) is 11.1 Å². The summed E-state index contributed by atoms with van der Waals surface area (Å²) in [7, 11) is 0. The average molecular weight is 364 g/mol. The van der Waals surface area contributed by atoms with E-state index in [9.17, 15) is 5.11 Å². The maximum absolute atomic E-state index is 9.19. The highest BCUT2D eigenvalue weighted by molar-refractivity contribution is 5.79. The molecule has 1 rings (SSSR count). The molecular weight excluding hydrogens is 326 g/mol. The number of aliphatic imine (C=N–C) groups is 1. The van der Waals surface area contributed by atoms with Crippen molar-refractivity contribution >= 4 is 5.96 Å². The predicted molar refractivity (Wildman–Crippen MR) is 109 cm³/mol. The first-order chi connectivity index (χ1) is 12.6. The fourth-order valence-corrected chi connectivity index (χ4v) is 2.70. The molecule has 0 aromatic heterocycles. The first kappa shape index (κ1) is 22.5. The molecule has 0 spiro atoms. The molecule has 0 aliphatic rings. The minimum Gasteiger partial charge on any atom is -0.396 e. The van der Waals surface area contributed by atoms with Gasteiger partial charge in [-0.3, -0.25) is 0 Å². The van der Waals surface area contributed by atoms with E-state index in [4.69, 9.17) is 4.74 Å². The number of benzene rings is 1. The highest BCUT2D eigenvalue weighted by Gasteiger charge is 2.08. The van der Waals surface area contributed by atoms with E-state index in [0.29, 0.717) is 19.1 Å². The molecule has 148 valence electrons. The third kappa shape index (κ3) is 9.78. The van der Waals surface area contributed by atoms with Crippen molar-refractivity contribution < 1.29 is 9.84 Å². The first-order valence-corrected chi connectivity index (χ1v) is 9.91. The minimum atomic E-state index is 0.243. The number of aliphatic hydroxyl groups is 1. The standard InChI is InChI=1S/C21H37N3O2/c1-5-7-18(12-13-25)14-23-21(22-6-2)24-15-19-8-10-20(11-9-19)16-26-17(3)4/h8-11,17-18,25H,5-7,12-16H2,1-4H3,(H2,22,23,24). The number of hydrogen-bond acceptors (Lipinski definition) is 3. The second-order valence-corrected chi connectivity index (χ2v) is 6.92. The minimum absolute atomic E-state index is 0.243. The molecule has 5 heteroatoms. The van der Waals surface area contributed by atoms with Gasteiger partial charge in [0.2, 0.25) is 0 Å². The number of aliphatic hydroxyl groups excluding tert-OH is 1. The van der Waals surface area contributed by atoms with Crippen LogP contribution in [-0.2, 0) is 17.9 Å². The van der Waals surface area contributed by atoms with Crippen LogP contribution in [0.2, 0.25) is 0 Å². The average Bonchev–Trinajstić information content (AvgIpc) is 2.63. The van der Waals surface area contributed by atoms with Gasteiger partial charge in [0.15, 0.2) is 5.96 Å². The van der Waals surface area contributed by atoms with Gasteiger partial charge in [-0.05, 0) is 50.7 Å². The molecular formula is C21H37N3O2. The van der Waals surface area contributed by atoms with Crippen molar-refractivity contribution in [2.24, 2.45) is 10.9 Å². The lowest BCUT2D eigenvalue weighted by atomic mass is 10.0. The number of guanidine groups is 1. The van der Waals surface area contributed by atoms with Gasteiger partial charge in [-0.2, -0.15) is 0 Å². The topological polar surface area (TPSA) is 65.9 Å². The molecule has 0 saturated heterocycles. The molecule has 1 unspecified atom stereocenters. The molecule has 1 aromatic carbocycles. The van der Waals surface area contributed by atoms with E-state index in [1.54, 1.807) is 0 Å². The Morgan fingerprint density at radius 3 is 2.35 bits per heavy atom. The van der Waals surface area contributed by atoms with Crippen LogP contribution in [0.25, 0.3) is 0 Å². The number of nitrogens with zero attached hydrogens (tertiary/aromatic N) is 1. The summed E-state index contributed by atoms with van der Waals surface area (Å²) in [5.41, 5.74) is 2.36. The van der Waals surface area contributed by atoms with Crippen molar-refractivity contribution in [3.05, 3.63) is 35.4 Å². The number of rotatable bonds is 12. The first-order valence-electron chi connectivity index (χ1n) is 9.91. The van der Waals surface area contributed by atoms with Gasteiger partial charge >= 0.3 is 0 Å². The Labute approximate surface area is 159 Å². The Hall–Kier alpha value is -1.59. The summed E-state index contributed by atoms with van der Waals surface area (Å²) >= 11 is 0. The molecule has 0 heterocycles. The molecule has 0 fully saturated rings. The van der Waals surface area contributed by atoms with Crippen molar-refractivity contribution in [3.8, 4) is 0 Å². The van der Waals surface area contributed by atoms with Crippen molar-refractivity contribution in [1.82, 2.24) is 10.6 Å². The molecule has 0 amide bonds. The third-order valence-corrected chi connectivity index (χ3v) is 4.16. The molecule has 5 nitrogen and oxygen atoms in total. The van der Waals surface area contributed by atoms with Crippen LogP contribution < -0.4 is 10.6 Å². The molecule has 0 saturated carbocycles. The molecule has 26 heavy (non-hydrogen) atoms. The van der Waals surface area contributed by atoms with E-state index >= 15 is 0 Å². The molecule has 0 aliphatic heterocycles. The van der Waals surface area contributed by atoms with E-state index in [2.05, 4.69) is 53.7 Å². The molecule has 0 aliphatic carbocycles. The summed E-state index contributed by atoms with van der Waals surface area (Å²) < 4.78 is 5.63. The van der Waals surface area contributed by atoms with Gasteiger partial charge in [-0.25, -0.2) is 4.99 Å². The highest BCUT2D eigenvalue weighted by Crippen LogP contribution is 2.10. The Morgan fingerprint density at radius 1 is 1.08 bits per heavy atom. The fraction of sp³-hybridized carbons (Fsp3) is 0.667. The number of hydrogen-bond donors (Lipinski definition) is 3. The van der Waals surface area contributed by atoms with Crippen molar-refractivity contribution in [3.63, 3.8) is 0 Å². The van der Waals surface area contributed by atoms with Gasteiger partial charge in [-0.1, -0.05) is 37.6 Å². The third-order valence-electron chi connectivity index (χ3n) is 4.16. The summed E-state index contributed by atoms with van der Waals surface area (Å²) in [6.45, 7) is 11.5. The maximum atomic E-state index is 9.19. The molecule has 1 aromatic rings. The zero-order valence-electron chi connectivity index (χ0n) is 16.9. The Morgan fingerprint density at radius 2 is 1.77 bits per heavy atom. The summed E-state index contributed by atoms with van der Waals surface area (Å²) in [6.07, 6.45) is 3.33. The lowest BCUT2D eigenvalue weighted by Gasteiger charge is -2.18. The number of ether oxygens (including phenoxy) is 1. The summed E-state index contributed by atoms with van der Waals surface area (Å²) in [6, 6.07) is 8.42. The lowest BCUT2D eigenvalue weighted by molar-refractivity contribution is 0.0657. The molecule has 0 bridgehead atoms. The molecule has 3 N–H and O–H groups in total. The Kier molecular flexibility index (Phi) is 11.7. The van der Waals surface area contributed by atoms with Crippen LogP contribution in [0.3, 0.4) is 0 Å². The zero-order valence-corrected chi connectivity index (χ0v) is 16.9. The van der Waals surface area contributed by atoms with E-state index in [1.807, 2.05) is 13.8 Å². The normalized spacial score (nSPS) is 13.1. The van der Waals surface area contributed by atoms with Gasteiger partial charge in [0.05, 0.1) is 19.3 Å². The van der Waals surface area contributed by atoms with Gasteiger partial charge in [0, 0.05) is 19.7 Å². The van der Waals surface area contributed by atoms with Crippen LogP contribution >= 0.6 is 0 Å². The highest BCUT2D eigenvalue weighted by atomic mass is 16.5. The van der Waals surface area contributed by atoms with Crippen LogP contribution in [0.4, 0.5) is 0 Å². The van der Waals surface area contributed by atoms with Crippen molar-refractivity contribution in [2.75, 3.05) is 19.7 Å². The van der Waals surface area contributed by atoms with Gasteiger partial charge in [-0.15, -0.1) is 0 Å². The van der Waals surface area contributed by atoms with E-state index < -0.39 is 0 Å².